The first-order valence-electron chi connectivity index (χ1n) is 15.1. The lowest BCUT2D eigenvalue weighted by Gasteiger charge is -2.34. The summed E-state index contributed by atoms with van der Waals surface area (Å²) in [5.41, 5.74) is 5.35. The fourth-order valence-electron chi connectivity index (χ4n) is 7.06. The van der Waals surface area contributed by atoms with Crippen LogP contribution in [0.5, 0.6) is 17.2 Å². The van der Waals surface area contributed by atoms with Gasteiger partial charge in [-0.2, -0.15) is 8.78 Å². The highest BCUT2D eigenvalue weighted by atomic mass is 19.2. The Balaban J connectivity index is 1.31. The largest absolute Gasteiger partial charge is 0.497 e. The Morgan fingerprint density at radius 1 is 0.489 bits per heavy atom. The molecule has 0 N–H and O–H groups in total. The molecule has 0 saturated heterocycles. The van der Waals surface area contributed by atoms with Gasteiger partial charge in [-0.15, -0.1) is 0 Å². The lowest BCUT2D eigenvalue weighted by Crippen LogP contribution is -2.28. The number of fused-ring (bicyclic) bond motifs is 5. The van der Waals surface area contributed by atoms with Gasteiger partial charge in [0.2, 0.25) is 17.4 Å². The van der Waals surface area contributed by atoms with Crippen LogP contribution in [0.15, 0.2) is 121 Å². The van der Waals surface area contributed by atoms with Gasteiger partial charge in [0.15, 0.2) is 11.6 Å². The van der Waals surface area contributed by atoms with Crippen LogP contribution in [0, 0.1) is 30.2 Å². The molecule has 1 aliphatic carbocycles. The molecule has 0 aromatic heterocycles. The summed E-state index contributed by atoms with van der Waals surface area (Å²) in [5, 5.41) is 3.72. The van der Waals surface area contributed by atoms with Crippen molar-refractivity contribution in [3.63, 3.8) is 0 Å². The smallest absolute Gasteiger partial charge is 0.204 e. The minimum Gasteiger partial charge on any atom is -0.497 e. The van der Waals surface area contributed by atoms with Crippen molar-refractivity contribution < 1.29 is 27.0 Å². The summed E-state index contributed by atoms with van der Waals surface area (Å²) in [5.74, 6) is -6.41. The van der Waals surface area contributed by atoms with Gasteiger partial charge in [0.25, 0.3) is 0 Å². The molecule has 0 radical (unpaired) electrons. The molecule has 0 unspecified atom stereocenters. The Morgan fingerprint density at radius 3 is 1.47 bits per heavy atom. The van der Waals surface area contributed by atoms with Gasteiger partial charge in [0.1, 0.15) is 11.5 Å². The molecule has 0 saturated carbocycles. The molecule has 0 spiro atoms. The van der Waals surface area contributed by atoms with Crippen molar-refractivity contribution in [3.05, 3.63) is 172 Å². The first kappa shape index (κ1) is 28.8. The van der Waals surface area contributed by atoms with E-state index in [0.29, 0.717) is 0 Å². The van der Waals surface area contributed by atoms with Gasteiger partial charge < -0.3 is 9.47 Å². The second kappa shape index (κ2) is 10.7. The highest BCUT2D eigenvalue weighted by molar-refractivity contribution is 5.92. The maximum absolute atomic E-state index is 14.6. The molecule has 1 aliphatic rings. The normalized spacial score (nSPS) is 13.1. The molecule has 0 heterocycles. The molecule has 7 aromatic rings. The quantitative estimate of drug-likeness (QED) is 0.140. The Labute approximate surface area is 268 Å². The van der Waals surface area contributed by atoms with Gasteiger partial charge in [0, 0.05) is 5.56 Å². The van der Waals surface area contributed by atoms with Gasteiger partial charge in [-0.3, -0.25) is 0 Å². The van der Waals surface area contributed by atoms with E-state index in [4.69, 9.17) is 9.47 Å². The molecule has 47 heavy (non-hydrogen) atoms. The van der Waals surface area contributed by atoms with Gasteiger partial charge in [-0.1, -0.05) is 84.9 Å². The predicted molar refractivity (Wildman–Crippen MR) is 176 cm³/mol. The molecule has 230 valence electrons. The topological polar surface area (TPSA) is 18.5 Å². The third kappa shape index (κ3) is 4.24. The monoisotopic (exact) mass is 626 g/mol. The number of halogens is 4. The van der Waals surface area contributed by atoms with Crippen molar-refractivity contribution in [2.75, 3.05) is 7.11 Å². The van der Waals surface area contributed by atoms with E-state index in [1.165, 1.54) is 6.07 Å². The van der Waals surface area contributed by atoms with Crippen LogP contribution < -0.4 is 9.47 Å². The molecule has 2 nitrogen and oxygen atoms in total. The Kier molecular flexibility index (Phi) is 6.58. The molecule has 6 heteroatoms. The highest BCUT2D eigenvalue weighted by Crippen LogP contribution is 2.56. The third-order valence-corrected chi connectivity index (χ3v) is 9.34. The van der Waals surface area contributed by atoms with Crippen molar-refractivity contribution >= 4 is 21.5 Å². The molecule has 0 fully saturated rings. The van der Waals surface area contributed by atoms with Crippen LogP contribution in [0.1, 0.15) is 27.8 Å². The van der Waals surface area contributed by atoms with Crippen molar-refractivity contribution in [1.82, 2.24) is 0 Å². The molecule has 7 aromatic carbocycles. The average molecular weight is 627 g/mol. The molecular weight excluding hydrogens is 600 g/mol. The van der Waals surface area contributed by atoms with E-state index in [0.717, 1.165) is 67.6 Å². The fourth-order valence-corrected chi connectivity index (χ4v) is 7.06. The van der Waals surface area contributed by atoms with Crippen LogP contribution in [-0.4, -0.2) is 7.11 Å². The molecule has 0 atom stereocenters. The van der Waals surface area contributed by atoms with Crippen molar-refractivity contribution in [2.45, 2.75) is 12.3 Å². The summed E-state index contributed by atoms with van der Waals surface area (Å²) in [7, 11) is 1.66. The zero-order valence-electron chi connectivity index (χ0n) is 25.4. The van der Waals surface area contributed by atoms with Crippen LogP contribution in [0.4, 0.5) is 17.6 Å². The van der Waals surface area contributed by atoms with E-state index >= 15 is 0 Å². The number of hydrogen-bond acceptors (Lipinski definition) is 2. The van der Waals surface area contributed by atoms with Crippen molar-refractivity contribution in [3.8, 4) is 28.4 Å². The number of hydrogen-bond donors (Lipinski definition) is 0. The maximum atomic E-state index is 14.6. The fraction of sp³-hybridized carbons (Fsp3) is 0.0732. The van der Waals surface area contributed by atoms with Crippen LogP contribution in [0.3, 0.4) is 0 Å². The average Bonchev–Trinajstić information content (AvgIpc) is 3.42. The zero-order valence-corrected chi connectivity index (χ0v) is 25.4. The summed E-state index contributed by atoms with van der Waals surface area (Å²) >= 11 is 0. The lowest BCUT2D eigenvalue weighted by atomic mass is 9.67. The summed E-state index contributed by atoms with van der Waals surface area (Å²) in [4.78, 5) is 0. The van der Waals surface area contributed by atoms with E-state index in [1.54, 1.807) is 19.2 Å². The van der Waals surface area contributed by atoms with E-state index in [1.807, 2.05) is 18.2 Å². The number of methoxy groups -OCH3 is 1. The zero-order chi connectivity index (χ0) is 32.4. The molecule has 0 aliphatic heterocycles. The van der Waals surface area contributed by atoms with Crippen LogP contribution in [0.25, 0.3) is 32.7 Å². The van der Waals surface area contributed by atoms with Gasteiger partial charge in [-0.05, 0) is 98.2 Å². The summed E-state index contributed by atoms with van der Waals surface area (Å²) in [6.07, 6.45) is 0. The van der Waals surface area contributed by atoms with Crippen LogP contribution >= 0.6 is 0 Å². The van der Waals surface area contributed by atoms with Crippen LogP contribution in [-0.2, 0) is 5.41 Å². The van der Waals surface area contributed by atoms with E-state index in [9.17, 15) is 17.6 Å². The number of ether oxygens (including phenoxy) is 2. The molecule has 0 amide bonds. The Bertz CT molecular complexity index is 2320. The molecular formula is C41H26F4O2. The van der Waals surface area contributed by atoms with Crippen molar-refractivity contribution in [2.24, 2.45) is 0 Å². The second-order valence-electron chi connectivity index (χ2n) is 11.8. The van der Waals surface area contributed by atoms with E-state index in [-0.39, 0.29) is 5.75 Å². The summed E-state index contributed by atoms with van der Waals surface area (Å²) in [6, 6.07) is 40.5. The summed E-state index contributed by atoms with van der Waals surface area (Å²) in [6.45, 7) is 0.969. The predicted octanol–water partition coefficient (Wildman–Crippen LogP) is 11.0. The maximum Gasteiger partial charge on any atom is 0.204 e. The SMILES string of the molecule is COc1ccc2cc(C3(c4ccc5cc(Oc6c(F)c(F)c(C)c(F)c6F)ccc5c4)c4ccccc4-c4ccccc43)ccc2c1. The highest BCUT2D eigenvalue weighted by Gasteiger charge is 2.46. The summed E-state index contributed by atoms with van der Waals surface area (Å²) < 4.78 is 68.5. The minimum atomic E-state index is -1.58. The first-order valence-corrected chi connectivity index (χ1v) is 15.1. The first-order chi connectivity index (χ1) is 22.8. The lowest BCUT2D eigenvalue weighted by molar-refractivity contribution is 0.362. The third-order valence-electron chi connectivity index (χ3n) is 9.34. The van der Waals surface area contributed by atoms with Gasteiger partial charge in [-0.25, -0.2) is 8.78 Å². The van der Waals surface area contributed by atoms with Gasteiger partial charge in [0.05, 0.1) is 12.5 Å². The van der Waals surface area contributed by atoms with Crippen LogP contribution in [0.2, 0.25) is 0 Å². The number of benzene rings is 7. The Hall–Kier alpha value is -5.62. The molecule has 0 bridgehead atoms. The standard InChI is InChI=1S/C41H26F4O2/c1-23-36(42)38(44)40(39(45)37(23)43)47-31-18-14-25-20-29(16-12-27(25)22-31)41(28-15-11-26-21-30(46-2)17-13-24(26)19-28)34-9-5-3-7-32(34)33-8-4-6-10-35(33)41/h3-22H,1-2H3. The second-order valence-corrected chi connectivity index (χ2v) is 11.8. The number of rotatable bonds is 5. The van der Waals surface area contributed by atoms with Crippen molar-refractivity contribution in [1.29, 1.82) is 0 Å². The Morgan fingerprint density at radius 2 is 0.936 bits per heavy atom. The molecule has 8 rings (SSSR count). The van der Waals surface area contributed by atoms with E-state index in [2.05, 4.69) is 84.9 Å². The van der Waals surface area contributed by atoms with Gasteiger partial charge >= 0.3 is 0 Å². The van der Waals surface area contributed by atoms with E-state index < -0.39 is 40.0 Å². The minimum absolute atomic E-state index is 0.0435.